The van der Waals surface area contributed by atoms with Crippen molar-refractivity contribution in [3.8, 4) is 0 Å². The van der Waals surface area contributed by atoms with E-state index in [4.69, 9.17) is 0 Å². The molecule has 2 heteroatoms. The van der Waals surface area contributed by atoms with Crippen LogP contribution in [0.4, 0.5) is 0 Å². The zero-order valence-electron chi connectivity index (χ0n) is 8.02. The van der Waals surface area contributed by atoms with Gasteiger partial charge in [0, 0.05) is 18.9 Å². The van der Waals surface area contributed by atoms with Crippen LogP contribution in [0.5, 0.6) is 0 Å². The maximum absolute atomic E-state index is 2.52. The summed E-state index contributed by atoms with van der Waals surface area (Å²) in [6, 6.07) is 4.12. The largest absolute Gasteiger partial charge is 0.348 e. The van der Waals surface area contributed by atoms with Gasteiger partial charge >= 0.3 is 0 Å². The van der Waals surface area contributed by atoms with Crippen LogP contribution in [-0.2, 0) is 0 Å². The lowest BCUT2D eigenvalue weighted by atomic mass is 10.1. The summed E-state index contributed by atoms with van der Waals surface area (Å²) in [4.78, 5) is 2.52. The van der Waals surface area contributed by atoms with Gasteiger partial charge in [-0.05, 0) is 38.1 Å². The average molecular weight is 177 g/mol. The Morgan fingerprint density at radius 2 is 1.69 bits per heavy atom. The molecule has 0 saturated carbocycles. The molecule has 0 atom stereocenters. The molecule has 1 radical (unpaired) electrons. The first-order valence-electron chi connectivity index (χ1n) is 5.13. The van der Waals surface area contributed by atoms with E-state index < -0.39 is 0 Å². The third-order valence-corrected chi connectivity index (χ3v) is 2.63. The van der Waals surface area contributed by atoms with Crippen LogP contribution < -0.4 is 0 Å². The molecule has 1 aliphatic rings. The summed E-state index contributed by atoms with van der Waals surface area (Å²) < 4.78 is 2.13. The second-order valence-electron chi connectivity index (χ2n) is 3.67. The molecule has 0 unspecified atom stereocenters. The molecule has 13 heavy (non-hydrogen) atoms. The molecule has 1 aromatic rings. The van der Waals surface area contributed by atoms with Gasteiger partial charge in [0.05, 0.1) is 6.54 Å². The molecule has 1 aliphatic heterocycles. The fourth-order valence-corrected chi connectivity index (χ4v) is 1.82. The summed E-state index contributed by atoms with van der Waals surface area (Å²) >= 11 is 0. The Morgan fingerprint density at radius 3 is 2.38 bits per heavy atom. The quantitative estimate of drug-likeness (QED) is 0.685. The smallest absolute Gasteiger partial charge is 0.0677 e. The first-order chi connectivity index (χ1) is 6.45. The van der Waals surface area contributed by atoms with Gasteiger partial charge in [-0.15, -0.1) is 0 Å². The Labute approximate surface area is 80.2 Å². The molecule has 0 amide bonds. The lowest BCUT2D eigenvalue weighted by Crippen LogP contribution is -2.31. The summed E-state index contributed by atoms with van der Waals surface area (Å²) in [5, 5.41) is 0. The minimum atomic E-state index is 1.09. The third kappa shape index (κ3) is 2.59. The SMILES string of the molecule is [CH](CN1CCCCC1)n1cccc1. The zero-order valence-corrected chi connectivity index (χ0v) is 8.02. The average Bonchev–Trinajstić information content (AvgIpc) is 2.69. The van der Waals surface area contributed by atoms with E-state index in [9.17, 15) is 0 Å². The van der Waals surface area contributed by atoms with Crippen LogP contribution in [0.15, 0.2) is 24.5 Å². The van der Waals surface area contributed by atoms with Crippen molar-refractivity contribution in [2.24, 2.45) is 0 Å². The zero-order chi connectivity index (χ0) is 8.93. The standard InChI is InChI=1S/C11H17N2/c1-2-6-12(7-3-1)10-11-13-8-4-5-9-13/h4-5,8-9,11H,1-3,6-7,10H2. The molecule has 2 rings (SSSR count). The van der Waals surface area contributed by atoms with Gasteiger partial charge in [0.25, 0.3) is 0 Å². The molecule has 0 bridgehead atoms. The van der Waals surface area contributed by atoms with E-state index >= 15 is 0 Å². The van der Waals surface area contributed by atoms with Crippen molar-refractivity contribution >= 4 is 0 Å². The summed E-state index contributed by atoms with van der Waals surface area (Å²) in [5.41, 5.74) is 0. The Balaban J connectivity index is 1.72. The Hall–Kier alpha value is -0.760. The number of nitrogens with zero attached hydrogens (tertiary/aromatic N) is 2. The molecule has 71 valence electrons. The topological polar surface area (TPSA) is 8.17 Å². The van der Waals surface area contributed by atoms with Crippen LogP contribution in [0.25, 0.3) is 0 Å². The molecule has 2 heterocycles. The van der Waals surface area contributed by atoms with Crippen LogP contribution in [0, 0.1) is 6.54 Å². The number of piperidine rings is 1. The first kappa shape index (κ1) is 8.82. The van der Waals surface area contributed by atoms with Gasteiger partial charge in [-0.3, -0.25) is 0 Å². The maximum Gasteiger partial charge on any atom is 0.0677 e. The maximum atomic E-state index is 2.52. The van der Waals surface area contributed by atoms with E-state index in [0.29, 0.717) is 0 Å². The summed E-state index contributed by atoms with van der Waals surface area (Å²) in [6.07, 6.45) is 8.34. The number of hydrogen-bond acceptors (Lipinski definition) is 1. The van der Waals surface area contributed by atoms with Crippen LogP contribution in [0.1, 0.15) is 19.3 Å². The van der Waals surface area contributed by atoms with Gasteiger partial charge in [-0.25, -0.2) is 0 Å². The number of aromatic nitrogens is 1. The Kier molecular flexibility index (Phi) is 3.03. The third-order valence-electron chi connectivity index (χ3n) is 2.63. The highest BCUT2D eigenvalue weighted by atomic mass is 15.1. The van der Waals surface area contributed by atoms with E-state index in [1.54, 1.807) is 0 Å². The number of likely N-dealkylation sites (tertiary alicyclic amines) is 1. The van der Waals surface area contributed by atoms with Gasteiger partial charge < -0.3 is 9.47 Å². The van der Waals surface area contributed by atoms with Gasteiger partial charge in [0.2, 0.25) is 0 Å². The van der Waals surface area contributed by atoms with Crippen molar-refractivity contribution in [2.45, 2.75) is 19.3 Å². The summed E-state index contributed by atoms with van der Waals surface area (Å²) in [5.74, 6) is 0. The Morgan fingerprint density at radius 1 is 1.00 bits per heavy atom. The van der Waals surface area contributed by atoms with Crippen molar-refractivity contribution in [3.05, 3.63) is 31.1 Å². The van der Waals surface area contributed by atoms with Crippen LogP contribution >= 0.6 is 0 Å². The molecule has 0 aliphatic carbocycles. The second kappa shape index (κ2) is 4.47. The van der Waals surface area contributed by atoms with Crippen LogP contribution in [-0.4, -0.2) is 29.1 Å². The Bertz CT molecular complexity index is 222. The monoisotopic (exact) mass is 177 g/mol. The molecule has 0 spiro atoms. The van der Waals surface area contributed by atoms with Gasteiger partial charge in [0.15, 0.2) is 0 Å². The molecule has 0 aromatic carbocycles. The minimum absolute atomic E-state index is 1.09. The lowest BCUT2D eigenvalue weighted by Gasteiger charge is -2.26. The van der Waals surface area contributed by atoms with E-state index in [0.717, 1.165) is 6.54 Å². The van der Waals surface area contributed by atoms with Crippen molar-refractivity contribution in [1.82, 2.24) is 9.47 Å². The van der Waals surface area contributed by atoms with Crippen molar-refractivity contribution < 1.29 is 0 Å². The van der Waals surface area contributed by atoms with E-state index in [1.165, 1.54) is 32.4 Å². The highest BCUT2D eigenvalue weighted by Gasteiger charge is 2.08. The van der Waals surface area contributed by atoms with Crippen molar-refractivity contribution in [1.29, 1.82) is 0 Å². The highest BCUT2D eigenvalue weighted by Crippen LogP contribution is 2.08. The van der Waals surface area contributed by atoms with E-state index in [-0.39, 0.29) is 0 Å². The minimum Gasteiger partial charge on any atom is -0.348 e. The highest BCUT2D eigenvalue weighted by molar-refractivity contribution is 4.95. The molecule has 1 saturated heterocycles. The molecule has 1 fully saturated rings. The predicted molar refractivity (Wildman–Crippen MR) is 54.4 cm³/mol. The normalized spacial score (nSPS) is 19.1. The summed E-state index contributed by atoms with van der Waals surface area (Å²) in [7, 11) is 0. The van der Waals surface area contributed by atoms with Gasteiger partial charge in [-0.2, -0.15) is 0 Å². The fraction of sp³-hybridized carbons (Fsp3) is 0.545. The van der Waals surface area contributed by atoms with Crippen LogP contribution in [0.2, 0.25) is 0 Å². The first-order valence-corrected chi connectivity index (χ1v) is 5.13. The van der Waals surface area contributed by atoms with E-state index in [2.05, 4.69) is 40.5 Å². The van der Waals surface area contributed by atoms with E-state index in [1.807, 2.05) is 0 Å². The molecule has 0 N–H and O–H groups in total. The fourth-order valence-electron chi connectivity index (χ4n) is 1.82. The molecule has 1 aromatic heterocycles. The number of hydrogen-bond donors (Lipinski definition) is 0. The molecular weight excluding hydrogens is 160 g/mol. The second-order valence-corrected chi connectivity index (χ2v) is 3.67. The van der Waals surface area contributed by atoms with Crippen LogP contribution in [0.3, 0.4) is 0 Å². The number of rotatable bonds is 3. The predicted octanol–water partition coefficient (Wildman–Crippen LogP) is 1.98. The van der Waals surface area contributed by atoms with Crippen molar-refractivity contribution in [3.63, 3.8) is 0 Å². The molecule has 2 nitrogen and oxygen atoms in total. The lowest BCUT2D eigenvalue weighted by molar-refractivity contribution is 0.241. The summed E-state index contributed by atoms with van der Waals surface area (Å²) in [6.45, 7) is 5.88. The van der Waals surface area contributed by atoms with Gasteiger partial charge in [0.1, 0.15) is 0 Å². The van der Waals surface area contributed by atoms with Gasteiger partial charge in [-0.1, -0.05) is 6.42 Å². The van der Waals surface area contributed by atoms with Crippen molar-refractivity contribution in [2.75, 3.05) is 19.6 Å². The molecular formula is C11H17N2.